The van der Waals surface area contributed by atoms with Crippen molar-refractivity contribution < 1.29 is 12.9 Å². The molecule has 5 nitrogen and oxygen atoms in total. The molecule has 1 aromatic rings. The molecule has 0 bridgehead atoms. The van der Waals surface area contributed by atoms with Gasteiger partial charge in [0.25, 0.3) is 0 Å². The normalized spacial score (nSPS) is 15.6. The largest absolute Gasteiger partial charge is 0.334 e. The molecule has 0 amide bonds. The van der Waals surface area contributed by atoms with E-state index in [2.05, 4.69) is 5.10 Å². The van der Waals surface area contributed by atoms with Crippen LogP contribution in [0.5, 0.6) is 0 Å². The van der Waals surface area contributed by atoms with Crippen LogP contribution in [0.1, 0.15) is 13.8 Å². The second-order valence-electron chi connectivity index (χ2n) is 3.37. The zero-order chi connectivity index (χ0) is 14.1. The van der Waals surface area contributed by atoms with E-state index >= 15 is 0 Å². The van der Waals surface area contributed by atoms with Crippen molar-refractivity contribution in [3.05, 3.63) is 5.02 Å². The van der Waals surface area contributed by atoms with Crippen LogP contribution < -0.4 is 5.44 Å². The van der Waals surface area contributed by atoms with Crippen LogP contribution in [0, 0.1) is 0 Å². The summed E-state index contributed by atoms with van der Waals surface area (Å²) in [5.74, 6) is -0.0779. The summed E-state index contributed by atoms with van der Waals surface area (Å²) in [5, 5.41) is 3.90. The molecule has 10 heteroatoms. The Morgan fingerprint density at radius 2 is 2.06 bits per heavy atom. The minimum Gasteiger partial charge on any atom is -0.334 e. The fourth-order valence-corrected chi connectivity index (χ4v) is 6.04. The summed E-state index contributed by atoms with van der Waals surface area (Å²) in [7, 11) is -2.01. The van der Waals surface area contributed by atoms with Crippen molar-refractivity contribution in [3.63, 3.8) is 0 Å². The first-order valence-corrected chi connectivity index (χ1v) is 10.7. The van der Waals surface area contributed by atoms with Gasteiger partial charge >= 0.3 is 0 Å². The van der Waals surface area contributed by atoms with Gasteiger partial charge in [-0.15, -0.1) is 0 Å². The number of sulfone groups is 1. The molecule has 1 rings (SSSR count). The minimum absolute atomic E-state index is 0.0360. The lowest BCUT2D eigenvalue weighted by molar-refractivity contribution is 0.389. The van der Waals surface area contributed by atoms with E-state index in [1.54, 1.807) is 6.92 Å². The second kappa shape index (κ2) is 5.77. The first-order valence-electron chi connectivity index (χ1n) is 5.07. The van der Waals surface area contributed by atoms with E-state index < -0.39 is 15.5 Å². The summed E-state index contributed by atoms with van der Waals surface area (Å²) in [6.45, 7) is 3.57. The maximum absolute atomic E-state index is 11.9. The van der Waals surface area contributed by atoms with Gasteiger partial charge < -0.3 is 4.52 Å². The van der Waals surface area contributed by atoms with Crippen molar-refractivity contribution in [1.82, 2.24) is 9.78 Å². The summed E-state index contributed by atoms with van der Waals surface area (Å²) in [4.78, 5) is 0. The highest BCUT2D eigenvalue weighted by Crippen LogP contribution is 2.53. The molecule has 1 unspecified atom stereocenters. The third kappa shape index (κ3) is 3.08. The number of rotatable bonds is 5. The molecule has 0 aliphatic carbocycles. The molecule has 0 radical (unpaired) electrons. The molecule has 1 atom stereocenters. The molecule has 0 spiro atoms. The molecular weight excluding hydrogens is 338 g/mol. The maximum atomic E-state index is 11.9. The summed E-state index contributed by atoms with van der Waals surface area (Å²) in [6.07, 6.45) is 0. The predicted octanol–water partition coefficient (Wildman–Crippen LogP) is 2.08. The molecule has 0 aromatic carbocycles. The highest BCUT2D eigenvalue weighted by atomic mass is 35.7. The van der Waals surface area contributed by atoms with Crippen LogP contribution in [0.15, 0.2) is 5.03 Å². The SMILES string of the molecule is CCOP(=S)(Cl)c1nn(C)c(S(=O)(=O)CC)c1Cl. The van der Waals surface area contributed by atoms with Crippen molar-refractivity contribution in [3.8, 4) is 0 Å². The fraction of sp³-hybridized carbons (Fsp3) is 0.625. The molecule has 18 heavy (non-hydrogen) atoms. The van der Waals surface area contributed by atoms with E-state index in [4.69, 9.17) is 39.2 Å². The number of aromatic nitrogens is 2. The Morgan fingerprint density at radius 1 is 1.50 bits per heavy atom. The lowest BCUT2D eigenvalue weighted by atomic mass is 10.7. The second-order valence-corrected chi connectivity index (χ2v) is 11.2. The van der Waals surface area contributed by atoms with E-state index in [0.29, 0.717) is 6.61 Å². The third-order valence-electron chi connectivity index (χ3n) is 2.15. The smallest absolute Gasteiger partial charge is 0.202 e. The van der Waals surface area contributed by atoms with Crippen LogP contribution in [-0.4, -0.2) is 30.6 Å². The predicted molar refractivity (Wildman–Crippen MR) is 77.3 cm³/mol. The Bertz CT molecular complexity index is 600. The van der Waals surface area contributed by atoms with Crippen molar-refractivity contribution >= 4 is 55.5 Å². The lowest BCUT2D eigenvalue weighted by Gasteiger charge is -2.10. The van der Waals surface area contributed by atoms with Gasteiger partial charge in [0.15, 0.2) is 20.3 Å². The summed E-state index contributed by atoms with van der Waals surface area (Å²) < 4.78 is 30.2. The van der Waals surface area contributed by atoms with Gasteiger partial charge in [-0.25, -0.2) is 8.42 Å². The van der Waals surface area contributed by atoms with Crippen LogP contribution in [0.4, 0.5) is 0 Å². The van der Waals surface area contributed by atoms with Gasteiger partial charge in [-0.3, -0.25) is 4.68 Å². The molecule has 0 saturated heterocycles. The number of hydrogen-bond acceptors (Lipinski definition) is 5. The van der Waals surface area contributed by atoms with Gasteiger partial charge in [0.2, 0.25) is 5.62 Å². The molecule has 0 aliphatic heterocycles. The van der Waals surface area contributed by atoms with E-state index in [1.165, 1.54) is 18.7 Å². The maximum Gasteiger partial charge on any atom is 0.202 e. The Kier molecular flexibility index (Phi) is 5.26. The van der Waals surface area contributed by atoms with Crippen molar-refractivity contribution in [2.45, 2.75) is 18.9 Å². The zero-order valence-corrected chi connectivity index (χ0v) is 14.1. The van der Waals surface area contributed by atoms with E-state index in [-0.39, 0.29) is 21.2 Å². The van der Waals surface area contributed by atoms with Gasteiger partial charge in [-0.1, -0.05) is 18.5 Å². The molecule has 0 saturated carbocycles. The average molecular weight is 351 g/mol. The molecule has 1 aromatic heterocycles. The van der Waals surface area contributed by atoms with Gasteiger partial charge in [0.1, 0.15) is 5.02 Å². The highest BCUT2D eigenvalue weighted by molar-refractivity contribution is 8.28. The third-order valence-corrected chi connectivity index (χ3v) is 7.58. The Balaban J connectivity index is 3.47. The van der Waals surface area contributed by atoms with Crippen LogP contribution in [0.2, 0.25) is 5.02 Å². The summed E-state index contributed by atoms with van der Waals surface area (Å²) >= 11 is 17.3. The first-order chi connectivity index (χ1) is 8.17. The molecular formula is C8H13Cl2N2O3PS2. The molecule has 0 N–H and O–H groups in total. The van der Waals surface area contributed by atoms with Crippen LogP contribution in [0.3, 0.4) is 0 Å². The number of aryl methyl sites for hydroxylation is 1. The Labute approximate surface area is 121 Å². The lowest BCUT2D eigenvalue weighted by Crippen LogP contribution is -2.10. The first kappa shape index (κ1) is 16.4. The van der Waals surface area contributed by atoms with Crippen LogP contribution in [-0.2, 0) is 33.2 Å². The van der Waals surface area contributed by atoms with Crippen molar-refractivity contribution in [1.29, 1.82) is 0 Å². The fourth-order valence-electron chi connectivity index (χ4n) is 1.34. The standard InChI is InChI=1S/C8H13Cl2N2O3PS2/c1-4-15-16(10,17)7-6(9)8(12(3)11-7)18(13,14)5-2/h4-5H2,1-3H3. The molecule has 0 fully saturated rings. The molecule has 104 valence electrons. The highest BCUT2D eigenvalue weighted by Gasteiger charge is 2.31. The number of nitrogens with zero attached hydrogens (tertiary/aromatic N) is 2. The quantitative estimate of drug-likeness (QED) is 0.760. The summed E-state index contributed by atoms with van der Waals surface area (Å²) in [5.41, 5.74) is -2.76. The monoisotopic (exact) mass is 350 g/mol. The van der Waals surface area contributed by atoms with E-state index in [1.807, 2.05) is 0 Å². The van der Waals surface area contributed by atoms with Crippen molar-refractivity contribution in [2.75, 3.05) is 12.4 Å². The van der Waals surface area contributed by atoms with Gasteiger partial charge in [-0.2, -0.15) is 5.10 Å². The van der Waals surface area contributed by atoms with E-state index in [0.717, 1.165) is 0 Å². The Morgan fingerprint density at radius 3 is 2.50 bits per heavy atom. The van der Waals surface area contributed by atoms with Crippen molar-refractivity contribution in [2.24, 2.45) is 7.05 Å². The van der Waals surface area contributed by atoms with Gasteiger partial charge in [0, 0.05) is 7.05 Å². The molecule has 0 aliphatic rings. The number of halogens is 2. The molecule has 1 heterocycles. The van der Waals surface area contributed by atoms with Gasteiger partial charge in [-0.05, 0) is 30.0 Å². The van der Waals surface area contributed by atoms with Crippen LogP contribution >= 0.6 is 28.5 Å². The topological polar surface area (TPSA) is 61.2 Å². The average Bonchev–Trinajstić information content (AvgIpc) is 2.55. The van der Waals surface area contributed by atoms with E-state index in [9.17, 15) is 8.42 Å². The summed E-state index contributed by atoms with van der Waals surface area (Å²) in [6, 6.07) is 0. The van der Waals surface area contributed by atoms with Crippen LogP contribution in [0.25, 0.3) is 0 Å². The Hall–Kier alpha value is 0.350. The van der Waals surface area contributed by atoms with Gasteiger partial charge in [0.05, 0.1) is 12.4 Å². The minimum atomic E-state index is -3.49. The number of hydrogen-bond donors (Lipinski definition) is 0. The zero-order valence-electron chi connectivity index (χ0n) is 10.1.